The predicted molar refractivity (Wildman–Crippen MR) is 95.6 cm³/mol. The summed E-state index contributed by atoms with van der Waals surface area (Å²) in [4.78, 5) is 25.6. The maximum atomic E-state index is 12.9. The first-order valence-corrected chi connectivity index (χ1v) is 8.41. The third kappa shape index (κ3) is 2.56. The molecule has 1 atom stereocenters. The first-order chi connectivity index (χ1) is 12.6. The molecule has 0 bridgehead atoms. The van der Waals surface area contributed by atoms with Crippen molar-refractivity contribution < 1.29 is 9.21 Å². The summed E-state index contributed by atoms with van der Waals surface area (Å²) in [5, 5.41) is 9.33. The Morgan fingerprint density at radius 1 is 1.15 bits per heavy atom. The number of fused-ring (bicyclic) bond motifs is 1. The number of carbonyl (C=O) groups is 1. The lowest BCUT2D eigenvalue weighted by atomic mass is 9.83. The minimum atomic E-state index is -0.400. The highest BCUT2D eigenvalue weighted by atomic mass is 16.3. The van der Waals surface area contributed by atoms with Crippen molar-refractivity contribution in [1.82, 2.24) is 4.57 Å². The van der Waals surface area contributed by atoms with Gasteiger partial charge in [-0.15, -0.1) is 0 Å². The van der Waals surface area contributed by atoms with E-state index in [-0.39, 0.29) is 17.3 Å². The quantitative estimate of drug-likeness (QED) is 0.713. The largest absolute Gasteiger partial charge is 0.469 e. The average molecular weight is 344 g/mol. The van der Waals surface area contributed by atoms with E-state index >= 15 is 0 Å². The van der Waals surface area contributed by atoms with Gasteiger partial charge in [-0.05, 0) is 43.7 Å². The molecule has 1 unspecified atom stereocenters. The molecule has 2 aromatic heterocycles. The lowest BCUT2D eigenvalue weighted by Crippen LogP contribution is -2.31. The summed E-state index contributed by atoms with van der Waals surface area (Å²) in [6, 6.07) is 14.5. The molecule has 1 aliphatic carbocycles. The molecule has 1 aliphatic rings. The molecule has 5 nitrogen and oxygen atoms in total. The number of rotatable bonds is 2. The smallest absolute Gasteiger partial charge is 0.273 e. The standard InChI is InChI=1S/C21H16N2O3/c1-13-4-6-16(7-5-13)23-18-10-14(20-3-2-8-26-20)11-19(24)17(18)9-15(12-22)21(23)25/h2-9,14H,10-11H2,1H3. The number of aromatic nitrogens is 1. The van der Waals surface area contributed by atoms with Crippen LogP contribution < -0.4 is 5.56 Å². The zero-order valence-corrected chi connectivity index (χ0v) is 14.2. The van der Waals surface area contributed by atoms with Crippen molar-refractivity contribution >= 4 is 5.78 Å². The highest BCUT2D eigenvalue weighted by Gasteiger charge is 2.31. The van der Waals surface area contributed by atoms with Crippen molar-refractivity contribution in [3.63, 3.8) is 0 Å². The molecular weight excluding hydrogens is 328 g/mol. The summed E-state index contributed by atoms with van der Waals surface area (Å²) in [5.74, 6) is 0.537. The molecule has 0 saturated carbocycles. The topological polar surface area (TPSA) is 76.0 Å². The van der Waals surface area contributed by atoms with Crippen molar-refractivity contribution in [3.8, 4) is 11.8 Å². The maximum absolute atomic E-state index is 12.9. The van der Waals surface area contributed by atoms with Gasteiger partial charge < -0.3 is 4.42 Å². The molecule has 1 aromatic carbocycles. The number of hydrogen-bond acceptors (Lipinski definition) is 4. The molecule has 0 radical (unpaired) electrons. The summed E-state index contributed by atoms with van der Waals surface area (Å²) >= 11 is 0. The Labute approximate surface area is 150 Å². The van der Waals surface area contributed by atoms with Gasteiger partial charge in [0, 0.05) is 29.3 Å². The molecule has 0 aliphatic heterocycles. The van der Waals surface area contributed by atoms with E-state index in [4.69, 9.17) is 4.42 Å². The number of benzene rings is 1. The van der Waals surface area contributed by atoms with Crippen LogP contribution in [0.15, 0.2) is 57.9 Å². The fourth-order valence-corrected chi connectivity index (χ4v) is 3.51. The van der Waals surface area contributed by atoms with Crippen LogP contribution in [0.25, 0.3) is 5.69 Å². The van der Waals surface area contributed by atoms with E-state index in [1.807, 2.05) is 43.3 Å². The predicted octanol–water partition coefficient (Wildman–Crippen LogP) is 3.52. The number of Topliss-reactive ketones (excluding diaryl/α,β-unsaturated/α-hetero) is 1. The molecule has 128 valence electrons. The summed E-state index contributed by atoms with van der Waals surface area (Å²) in [5.41, 5.74) is 2.38. The molecule has 0 fully saturated rings. The maximum Gasteiger partial charge on any atom is 0.273 e. The Balaban J connectivity index is 1.95. The SMILES string of the molecule is Cc1ccc(-n2c3c(cc(C#N)c2=O)C(=O)CC(c2ccco2)C3)cc1. The van der Waals surface area contributed by atoms with E-state index in [0.717, 1.165) is 11.3 Å². The first kappa shape index (κ1) is 16.1. The van der Waals surface area contributed by atoms with Gasteiger partial charge in [0.1, 0.15) is 17.4 Å². The zero-order chi connectivity index (χ0) is 18.3. The molecule has 0 amide bonds. The van der Waals surface area contributed by atoms with Crippen LogP contribution in [0.3, 0.4) is 0 Å². The normalized spacial score (nSPS) is 16.2. The van der Waals surface area contributed by atoms with E-state index < -0.39 is 5.56 Å². The van der Waals surface area contributed by atoms with E-state index in [9.17, 15) is 14.9 Å². The van der Waals surface area contributed by atoms with Gasteiger partial charge in [0.25, 0.3) is 5.56 Å². The molecule has 26 heavy (non-hydrogen) atoms. The Morgan fingerprint density at radius 3 is 2.58 bits per heavy atom. The lowest BCUT2D eigenvalue weighted by Gasteiger charge is -2.25. The number of carbonyl (C=O) groups excluding carboxylic acids is 1. The molecule has 0 N–H and O–H groups in total. The molecule has 5 heteroatoms. The number of pyridine rings is 1. The van der Waals surface area contributed by atoms with Gasteiger partial charge >= 0.3 is 0 Å². The van der Waals surface area contributed by atoms with Crippen molar-refractivity contribution in [3.05, 3.63) is 87.2 Å². The lowest BCUT2D eigenvalue weighted by molar-refractivity contribution is 0.0958. The number of furan rings is 1. The molecule has 3 aromatic rings. The van der Waals surface area contributed by atoms with Gasteiger partial charge in [-0.2, -0.15) is 5.26 Å². The fraction of sp³-hybridized carbons (Fsp3) is 0.190. The van der Waals surface area contributed by atoms with Crippen LogP contribution in [0.1, 0.15) is 45.3 Å². The third-order valence-electron chi connectivity index (χ3n) is 4.83. The second-order valence-corrected chi connectivity index (χ2v) is 6.55. The first-order valence-electron chi connectivity index (χ1n) is 8.41. The molecule has 2 heterocycles. The van der Waals surface area contributed by atoms with Crippen molar-refractivity contribution in [2.45, 2.75) is 25.7 Å². The van der Waals surface area contributed by atoms with Crippen LogP contribution in [-0.2, 0) is 6.42 Å². The van der Waals surface area contributed by atoms with Crippen LogP contribution >= 0.6 is 0 Å². The summed E-state index contributed by atoms with van der Waals surface area (Å²) < 4.78 is 6.98. The third-order valence-corrected chi connectivity index (χ3v) is 4.83. The minimum absolute atomic E-state index is 0.0193. The van der Waals surface area contributed by atoms with Crippen LogP contribution in [0.4, 0.5) is 0 Å². The summed E-state index contributed by atoms with van der Waals surface area (Å²) in [6.45, 7) is 1.96. The van der Waals surface area contributed by atoms with Gasteiger partial charge in [0.2, 0.25) is 0 Å². The van der Waals surface area contributed by atoms with Crippen molar-refractivity contribution in [2.75, 3.05) is 0 Å². The van der Waals surface area contributed by atoms with E-state index in [2.05, 4.69) is 0 Å². The monoisotopic (exact) mass is 344 g/mol. The van der Waals surface area contributed by atoms with Gasteiger partial charge in [0.15, 0.2) is 5.78 Å². The molecule has 0 spiro atoms. The fourth-order valence-electron chi connectivity index (χ4n) is 3.51. The van der Waals surface area contributed by atoms with Crippen LogP contribution in [0.5, 0.6) is 0 Å². The van der Waals surface area contributed by atoms with Crippen LogP contribution in [-0.4, -0.2) is 10.4 Å². The van der Waals surface area contributed by atoms with Crippen LogP contribution in [0.2, 0.25) is 0 Å². The number of aryl methyl sites for hydroxylation is 1. The highest BCUT2D eigenvalue weighted by molar-refractivity contribution is 5.99. The number of ketones is 1. The van der Waals surface area contributed by atoms with Gasteiger partial charge in [-0.3, -0.25) is 14.2 Å². The van der Waals surface area contributed by atoms with Crippen molar-refractivity contribution in [1.29, 1.82) is 5.26 Å². The van der Waals surface area contributed by atoms with Gasteiger partial charge in [0.05, 0.1) is 6.26 Å². The zero-order valence-electron chi connectivity index (χ0n) is 14.2. The number of nitrogens with zero attached hydrogens (tertiary/aromatic N) is 2. The van der Waals surface area contributed by atoms with E-state index in [1.54, 1.807) is 12.3 Å². The summed E-state index contributed by atoms with van der Waals surface area (Å²) in [6.07, 6.45) is 2.39. The van der Waals surface area contributed by atoms with Gasteiger partial charge in [-0.1, -0.05) is 17.7 Å². The Hall–Kier alpha value is -3.39. The summed E-state index contributed by atoms with van der Waals surface area (Å²) in [7, 11) is 0. The number of hydrogen-bond donors (Lipinski definition) is 0. The number of nitriles is 1. The molecule has 4 rings (SSSR count). The average Bonchev–Trinajstić information content (AvgIpc) is 3.17. The Bertz CT molecular complexity index is 1080. The molecule has 0 saturated heterocycles. The van der Waals surface area contributed by atoms with Gasteiger partial charge in [-0.25, -0.2) is 0 Å². The highest BCUT2D eigenvalue weighted by Crippen LogP contribution is 2.33. The minimum Gasteiger partial charge on any atom is -0.469 e. The van der Waals surface area contributed by atoms with Crippen LogP contribution in [0, 0.1) is 18.3 Å². The molecular formula is C21H16N2O3. The van der Waals surface area contributed by atoms with E-state index in [1.165, 1.54) is 10.6 Å². The van der Waals surface area contributed by atoms with Crippen molar-refractivity contribution in [2.24, 2.45) is 0 Å². The van der Waals surface area contributed by atoms with E-state index in [0.29, 0.717) is 29.8 Å². The second-order valence-electron chi connectivity index (χ2n) is 6.55. The second kappa shape index (κ2) is 6.16. The Morgan fingerprint density at radius 2 is 1.92 bits per heavy atom. The Kier molecular flexibility index (Phi) is 3.81.